The number of ether oxygens (including phenoxy) is 1. The second kappa shape index (κ2) is 7.48. The highest BCUT2D eigenvalue weighted by Crippen LogP contribution is 2.31. The SMILES string of the molecule is COCC(=O)N1C[C@@H](CN)[C@H](c2ccccc2)C1.Cl. The summed E-state index contributed by atoms with van der Waals surface area (Å²) in [5.41, 5.74) is 7.09. The average molecular weight is 285 g/mol. The Morgan fingerprint density at radius 1 is 1.37 bits per heavy atom. The van der Waals surface area contributed by atoms with E-state index in [-0.39, 0.29) is 24.9 Å². The van der Waals surface area contributed by atoms with Crippen LogP contribution in [0, 0.1) is 5.92 Å². The Morgan fingerprint density at radius 3 is 2.63 bits per heavy atom. The molecule has 1 heterocycles. The minimum absolute atomic E-state index is 0. The maximum Gasteiger partial charge on any atom is 0.248 e. The summed E-state index contributed by atoms with van der Waals surface area (Å²) in [5, 5.41) is 0. The number of rotatable bonds is 4. The summed E-state index contributed by atoms with van der Waals surface area (Å²) in [6.45, 7) is 2.24. The third-order valence-electron chi connectivity index (χ3n) is 3.59. The average Bonchev–Trinajstić information content (AvgIpc) is 2.84. The minimum atomic E-state index is 0. The first-order chi connectivity index (χ1) is 8.76. The summed E-state index contributed by atoms with van der Waals surface area (Å²) in [6.07, 6.45) is 0. The van der Waals surface area contributed by atoms with Crippen molar-refractivity contribution in [2.24, 2.45) is 11.7 Å². The zero-order chi connectivity index (χ0) is 13.0. The molecule has 19 heavy (non-hydrogen) atoms. The lowest BCUT2D eigenvalue weighted by Gasteiger charge is -2.16. The van der Waals surface area contributed by atoms with E-state index in [1.54, 1.807) is 7.11 Å². The summed E-state index contributed by atoms with van der Waals surface area (Å²) >= 11 is 0. The van der Waals surface area contributed by atoms with Gasteiger partial charge < -0.3 is 15.4 Å². The van der Waals surface area contributed by atoms with E-state index in [9.17, 15) is 4.79 Å². The van der Waals surface area contributed by atoms with Crippen LogP contribution in [0.25, 0.3) is 0 Å². The molecule has 5 heteroatoms. The Labute approximate surface area is 120 Å². The Balaban J connectivity index is 0.00000180. The predicted octanol–water partition coefficient (Wildman–Crippen LogP) is 1.26. The van der Waals surface area contributed by atoms with Crippen molar-refractivity contribution in [3.8, 4) is 0 Å². The highest BCUT2D eigenvalue weighted by molar-refractivity contribution is 5.85. The first kappa shape index (κ1) is 16.0. The molecule has 1 saturated heterocycles. The van der Waals surface area contributed by atoms with Crippen molar-refractivity contribution >= 4 is 18.3 Å². The van der Waals surface area contributed by atoms with E-state index in [1.165, 1.54) is 5.56 Å². The Hall–Kier alpha value is -1.10. The molecule has 0 aliphatic carbocycles. The number of halogens is 1. The van der Waals surface area contributed by atoms with E-state index in [2.05, 4.69) is 12.1 Å². The number of benzene rings is 1. The number of carbonyl (C=O) groups excluding carboxylic acids is 1. The highest BCUT2D eigenvalue weighted by Gasteiger charge is 2.34. The number of hydrogen-bond acceptors (Lipinski definition) is 3. The van der Waals surface area contributed by atoms with Crippen LogP contribution >= 0.6 is 12.4 Å². The van der Waals surface area contributed by atoms with Gasteiger partial charge in [-0.25, -0.2) is 0 Å². The zero-order valence-electron chi connectivity index (χ0n) is 11.1. The van der Waals surface area contributed by atoms with E-state index >= 15 is 0 Å². The van der Waals surface area contributed by atoms with Gasteiger partial charge in [0.05, 0.1) is 0 Å². The predicted molar refractivity (Wildman–Crippen MR) is 77.4 cm³/mol. The van der Waals surface area contributed by atoms with Gasteiger partial charge in [-0.1, -0.05) is 30.3 Å². The Bertz CT molecular complexity index is 400. The van der Waals surface area contributed by atoms with Crippen LogP contribution in [-0.2, 0) is 9.53 Å². The van der Waals surface area contributed by atoms with Crippen molar-refractivity contribution in [1.82, 2.24) is 4.90 Å². The summed E-state index contributed by atoms with van der Waals surface area (Å²) in [5.74, 6) is 0.736. The molecule has 1 aromatic rings. The molecule has 2 N–H and O–H groups in total. The van der Waals surface area contributed by atoms with Crippen LogP contribution in [0.2, 0.25) is 0 Å². The topological polar surface area (TPSA) is 55.6 Å². The van der Waals surface area contributed by atoms with Gasteiger partial charge in [0.2, 0.25) is 5.91 Å². The van der Waals surface area contributed by atoms with Gasteiger partial charge in [-0.2, -0.15) is 0 Å². The quantitative estimate of drug-likeness (QED) is 0.905. The van der Waals surface area contributed by atoms with Crippen molar-refractivity contribution in [2.45, 2.75) is 5.92 Å². The van der Waals surface area contributed by atoms with Crippen LogP contribution in [0.15, 0.2) is 30.3 Å². The van der Waals surface area contributed by atoms with E-state index in [4.69, 9.17) is 10.5 Å². The van der Waals surface area contributed by atoms with Gasteiger partial charge in [-0.3, -0.25) is 4.79 Å². The molecule has 0 bridgehead atoms. The van der Waals surface area contributed by atoms with Gasteiger partial charge >= 0.3 is 0 Å². The molecule has 1 amide bonds. The fraction of sp³-hybridized carbons (Fsp3) is 0.500. The molecule has 0 spiro atoms. The molecule has 0 saturated carbocycles. The number of carbonyl (C=O) groups is 1. The molecule has 1 aromatic carbocycles. The second-order valence-electron chi connectivity index (χ2n) is 4.74. The molecule has 106 valence electrons. The summed E-state index contributed by atoms with van der Waals surface area (Å²) in [6, 6.07) is 10.3. The molecule has 1 aliphatic heterocycles. The van der Waals surface area contributed by atoms with Crippen LogP contribution in [-0.4, -0.2) is 44.2 Å². The van der Waals surface area contributed by atoms with E-state index in [1.807, 2.05) is 23.1 Å². The highest BCUT2D eigenvalue weighted by atomic mass is 35.5. The van der Waals surface area contributed by atoms with Crippen LogP contribution < -0.4 is 5.73 Å². The Morgan fingerprint density at radius 2 is 2.05 bits per heavy atom. The van der Waals surface area contributed by atoms with E-state index in [0.717, 1.165) is 13.1 Å². The third-order valence-corrected chi connectivity index (χ3v) is 3.59. The molecule has 2 rings (SSSR count). The molecule has 2 atom stereocenters. The maximum absolute atomic E-state index is 11.8. The fourth-order valence-corrected chi connectivity index (χ4v) is 2.61. The molecule has 1 fully saturated rings. The van der Waals surface area contributed by atoms with Crippen molar-refractivity contribution in [3.05, 3.63) is 35.9 Å². The smallest absolute Gasteiger partial charge is 0.248 e. The molecular formula is C14H21ClN2O2. The summed E-state index contributed by atoms with van der Waals surface area (Å²) in [7, 11) is 1.54. The van der Waals surface area contributed by atoms with E-state index in [0.29, 0.717) is 18.4 Å². The third kappa shape index (κ3) is 3.69. The number of nitrogens with zero attached hydrogens (tertiary/aromatic N) is 1. The van der Waals surface area contributed by atoms with Crippen molar-refractivity contribution in [3.63, 3.8) is 0 Å². The largest absolute Gasteiger partial charge is 0.375 e. The van der Waals surface area contributed by atoms with Crippen LogP contribution in [0.4, 0.5) is 0 Å². The standard InChI is InChI=1S/C14H20N2O2.ClH/c1-18-10-14(17)16-8-12(7-15)13(9-16)11-5-3-2-4-6-11;/h2-6,12-13H,7-10,15H2,1H3;1H/t12-,13+;/m1./s1. The normalized spacial score (nSPS) is 22.1. The molecule has 0 unspecified atom stereocenters. The van der Waals surface area contributed by atoms with Gasteiger partial charge in [0.15, 0.2) is 0 Å². The van der Waals surface area contributed by atoms with Crippen molar-refractivity contribution < 1.29 is 9.53 Å². The number of nitrogens with two attached hydrogens (primary N) is 1. The van der Waals surface area contributed by atoms with Crippen LogP contribution in [0.5, 0.6) is 0 Å². The summed E-state index contributed by atoms with van der Waals surface area (Å²) in [4.78, 5) is 13.7. The van der Waals surface area contributed by atoms with Gasteiger partial charge in [0, 0.05) is 26.1 Å². The van der Waals surface area contributed by atoms with Gasteiger partial charge in [-0.15, -0.1) is 12.4 Å². The first-order valence-electron chi connectivity index (χ1n) is 6.28. The maximum atomic E-state index is 11.8. The van der Waals surface area contributed by atoms with Crippen molar-refractivity contribution in [1.29, 1.82) is 0 Å². The van der Waals surface area contributed by atoms with Gasteiger partial charge in [-0.05, 0) is 18.0 Å². The van der Waals surface area contributed by atoms with Gasteiger partial charge in [0.25, 0.3) is 0 Å². The lowest BCUT2D eigenvalue weighted by atomic mass is 9.89. The molecular weight excluding hydrogens is 264 g/mol. The number of likely N-dealkylation sites (tertiary alicyclic amines) is 1. The molecule has 0 radical (unpaired) electrons. The number of amides is 1. The number of hydrogen-bond donors (Lipinski definition) is 1. The molecule has 1 aliphatic rings. The number of methoxy groups -OCH3 is 1. The Kier molecular flexibility index (Phi) is 6.28. The van der Waals surface area contributed by atoms with Crippen LogP contribution in [0.3, 0.4) is 0 Å². The lowest BCUT2D eigenvalue weighted by molar-refractivity contribution is -0.134. The van der Waals surface area contributed by atoms with Crippen LogP contribution in [0.1, 0.15) is 11.5 Å². The van der Waals surface area contributed by atoms with E-state index < -0.39 is 0 Å². The summed E-state index contributed by atoms with van der Waals surface area (Å²) < 4.78 is 4.90. The zero-order valence-corrected chi connectivity index (χ0v) is 11.9. The fourth-order valence-electron chi connectivity index (χ4n) is 2.61. The van der Waals surface area contributed by atoms with Gasteiger partial charge in [0.1, 0.15) is 6.61 Å². The second-order valence-corrected chi connectivity index (χ2v) is 4.74. The lowest BCUT2D eigenvalue weighted by Crippen LogP contribution is -2.32. The first-order valence-corrected chi connectivity index (χ1v) is 6.28. The molecule has 4 nitrogen and oxygen atoms in total. The van der Waals surface area contributed by atoms with Crippen molar-refractivity contribution in [2.75, 3.05) is 33.4 Å². The monoisotopic (exact) mass is 284 g/mol. The molecule has 0 aromatic heterocycles. The minimum Gasteiger partial charge on any atom is -0.375 e.